The molecule has 0 aliphatic heterocycles. The molecule has 0 unspecified atom stereocenters. The van der Waals surface area contributed by atoms with Gasteiger partial charge in [0, 0.05) is 41.5 Å². The molecule has 182 valence electrons. The highest BCUT2D eigenvalue weighted by molar-refractivity contribution is 6.04. The van der Waals surface area contributed by atoms with Gasteiger partial charge in [0.25, 0.3) is 11.8 Å². The molecule has 8 heteroatoms. The van der Waals surface area contributed by atoms with Crippen molar-refractivity contribution in [2.45, 2.75) is 44.3 Å². The molecule has 1 saturated carbocycles. The highest BCUT2D eigenvalue weighted by atomic mass is 19.1. The third-order valence-corrected chi connectivity index (χ3v) is 6.20. The van der Waals surface area contributed by atoms with Gasteiger partial charge < -0.3 is 16.0 Å². The van der Waals surface area contributed by atoms with Gasteiger partial charge in [-0.15, -0.1) is 0 Å². The molecule has 1 aliphatic carbocycles. The zero-order valence-corrected chi connectivity index (χ0v) is 19.0. The van der Waals surface area contributed by atoms with Crippen molar-refractivity contribution in [1.29, 1.82) is 0 Å². The Hall–Kier alpha value is -3.65. The smallest absolute Gasteiger partial charge is 0.255 e. The quantitative estimate of drug-likeness (QED) is 0.504. The van der Waals surface area contributed by atoms with Gasteiger partial charge in [-0.1, -0.05) is 12.1 Å². The summed E-state index contributed by atoms with van der Waals surface area (Å²) >= 11 is 0. The van der Waals surface area contributed by atoms with E-state index in [0.717, 1.165) is 36.6 Å². The van der Waals surface area contributed by atoms with Crippen LogP contribution in [-0.4, -0.2) is 28.8 Å². The summed E-state index contributed by atoms with van der Waals surface area (Å²) < 4.78 is 40.8. The molecule has 5 nitrogen and oxygen atoms in total. The molecule has 0 saturated heterocycles. The maximum Gasteiger partial charge on any atom is 0.255 e. The van der Waals surface area contributed by atoms with Crippen molar-refractivity contribution in [3.8, 4) is 0 Å². The summed E-state index contributed by atoms with van der Waals surface area (Å²) in [5.41, 5.74) is 7.53. The second kappa shape index (κ2) is 10.7. The average Bonchev–Trinajstić information content (AvgIpc) is 2.83. The second-order valence-electron chi connectivity index (χ2n) is 8.82. The Labute approximate surface area is 201 Å². The van der Waals surface area contributed by atoms with Crippen LogP contribution in [0, 0.1) is 17.5 Å². The predicted octanol–water partition coefficient (Wildman–Crippen LogP) is 5.27. The Bertz CT molecular complexity index is 1190. The molecule has 3 N–H and O–H groups in total. The van der Waals surface area contributed by atoms with Crippen molar-refractivity contribution in [2.24, 2.45) is 5.73 Å². The highest BCUT2D eigenvalue weighted by Gasteiger charge is 2.29. The molecule has 0 radical (unpaired) electrons. The highest BCUT2D eigenvalue weighted by Crippen LogP contribution is 2.26. The van der Waals surface area contributed by atoms with Crippen LogP contribution >= 0.6 is 0 Å². The van der Waals surface area contributed by atoms with Crippen LogP contribution in [0.1, 0.15) is 52.0 Å². The van der Waals surface area contributed by atoms with Crippen molar-refractivity contribution in [2.75, 3.05) is 5.32 Å². The maximum absolute atomic E-state index is 13.8. The van der Waals surface area contributed by atoms with Crippen LogP contribution in [0.4, 0.5) is 18.9 Å². The first-order valence-electron chi connectivity index (χ1n) is 11.5. The Balaban J connectivity index is 1.56. The number of anilines is 1. The Morgan fingerprint density at radius 2 is 1.49 bits per heavy atom. The number of carbonyl (C=O) groups is 2. The molecule has 35 heavy (non-hydrogen) atoms. The standard InChI is InChI=1S/C27H26F3N3O2/c28-20-6-4-18(5-7-20)26(34)32-24-3-1-2-17(12-24)16-33(25-10-8-23(31)9-11-25)27(35)19-13-21(29)15-22(30)14-19/h1-7,12-15,23,25H,8-11,16,31H2,(H,32,34). The molecule has 0 bridgehead atoms. The van der Waals surface area contributed by atoms with Crippen LogP contribution in [0.5, 0.6) is 0 Å². The van der Waals surface area contributed by atoms with Crippen LogP contribution in [0.25, 0.3) is 0 Å². The van der Waals surface area contributed by atoms with Gasteiger partial charge in [0.2, 0.25) is 0 Å². The van der Waals surface area contributed by atoms with Crippen molar-refractivity contribution >= 4 is 17.5 Å². The van der Waals surface area contributed by atoms with E-state index in [9.17, 15) is 22.8 Å². The Morgan fingerprint density at radius 3 is 2.14 bits per heavy atom. The van der Waals surface area contributed by atoms with Gasteiger partial charge in [-0.2, -0.15) is 0 Å². The lowest BCUT2D eigenvalue weighted by molar-refractivity contribution is 0.0605. The number of hydrogen-bond acceptors (Lipinski definition) is 3. The normalized spacial score (nSPS) is 17.6. The van der Waals surface area contributed by atoms with E-state index < -0.39 is 29.3 Å². The fourth-order valence-corrected chi connectivity index (χ4v) is 4.37. The number of nitrogens with zero attached hydrogens (tertiary/aromatic N) is 1. The molecule has 3 aromatic carbocycles. The van der Waals surface area contributed by atoms with Crippen LogP contribution in [0.15, 0.2) is 66.7 Å². The molecule has 3 aromatic rings. The number of benzene rings is 3. The summed E-state index contributed by atoms with van der Waals surface area (Å²) in [5.74, 6) is -2.93. The summed E-state index contributed by atoms with van der Waals surface area (Å²) in [5, 5.41) is 2.77. The summed E-state index contributed by atoms with van der Waals surface area (Å²) in [6, 6.07) is 14.9. The minimum atomic E-state index is -0.815. The Kier molecular flexibility index (Phi) is 7.51. The topological polar surface area (TPSA) is 75.4 Å². The van der Waals surface area contributed by atoms with E-state index in [4.69, 9.17) is 5.73 Å². The zero-order valence-electron chi connectivity index (χ0n) is 19.0. The lowest BCUT2D eigenvalue weighted by Gasteiger charge is -2.36. The lowest BCUT2D eigenvalue weighted by Crippen LogP contribution is -2.44. The molecule has 0 atom stereocenters. The van der Waals surface area contributed by atoms with Crippen LogP contribution in [0.2, 0.25) is 0 Å². The van der Waals surface area contributed by atoms with Crippen LogP contribution in [0.3, 0.4) is 0 Å². The SMILES string of the molecule is NC1CCC(N(Cc2cccc(NC(=O)c3ccc(F)cc3)c2)C(=O)c2cc(F)cc(F)c2)CC1. The van der Waals surface area contributed by atoms with E-state index in [1.807, 2.05) is 6.07 Å². The zero-order chi connectivity index (χ0) is 24.9. The van der Waals surface area contributed by atoms with Gasteiger partial charge in [-0.3, -0.25) is 9.59 Å². The van der Waals surface area contributed by atoms with E-state index >= 15 is 0 Å². The van der Waals surface area contributed by atoms with Crippen molar-refractivity contribution in [3.05, 3.63) is 101 Å². The van der Waals surface area contributed by atoms with E-state index in [0.29, 0.717) is 24.1 Å². The van der Waals surface area contributed by atoms with E-state index in [-0.39, 0.29) is 24.2 Å². The summed E-state index contributed by atoms with van der Waals surface area (Å²) in [4.78, 5) is 27.5. The summed E-state index contributed by atoms with van der Waals surface area (Å²) in [7, 11) is 0. The Morgan fingerprint density at radius 1 is 0.829 bits per heavy atom. The molecule has 2 amide bonds. The van der Waals surface area contributed by atoms with Gasteiger partial charge in [-0.25, -0.2) is 13.2 Å². The number of carbonyl (C=O) groups excluding carboxylic acids is 2. The lowest BCUT2D eigenvalue weighted by atomic mass is 9.90. The van der Waals surface area contributed by atoms with Crippen molar-refractivity contribution in [1.82, 2.24) is 4.90 Å². The molecule has 1 fully saturated rings. The monoisotopic (exact) mass is 481 g/mol. The molecular formula is C27H26F3N3O2. The first-order valence-corrected chi connectivity index (χ1v) is 11.5. The number of amides is 2. The second-order valence-corrected chi connectivity index (χ2v) is 8.82. The summed E-state index contributed by atoms with van der Waals surface area (Å²) in [6.45, 7) is 0.192. The third kappa shape index (κ3) is 6.27. The van der Waals surface area contributed by atoms with E-state index in [1.54, 1.807) is 23.1 Å². The molecule has 0 heterocycles. The fraction of sp³-hybridized carbons (Fsp3) is 0.259. The van der Waals surface area contributed by atoms with Gasteiger partial charge in [-0.05, 0) is 79.8 Å². The van der Waals surface area contributed by atoms with Gasteiger partial charge >= 0.3 is 0 Å². The number of halogens is 3. The van der Waals surface area contributed by atoms with Crippen LogP contribution in [-0.2, 0) is 6.54 Å². The van der Waals surface area contributed by atoms with Gasteiger partial charge in [0.15, 0.2) is 0 Å². The van der Waals surface area contributed by atoms with Crippen molar-refractivity contribution < 1.29 is 22.8 Å². The summed E-state index contributed by atoms with van der Waals surface area (Å²) in [6.07, 6.45) is 2.87. The minimum Gasteiger partial charge on any atom is -0.331 e. The predicted molar refractivity (Wildman–Crippen MR) is 127 cm³/mol. The molecular weight excluding hydrogens is 455 g/mol. The molecule has 4 rings (SSSR count). The van der Waals surface area contributed by atoms with E-state index in [2.05, 4.69) is 5.32 Å². The maximum atomic E-state index is 13.8. The van der Waals surface area contributed by atoms with Gasteiger partial charge in [0.05, 0.1) is 0 Å². The first kappa shape index (κ1) is 24.5. The third-order valence-electron chi connectivity index (χ3n) is 6.20. The van der Waals surface area contributed by atoms with Gasteiger partial charge in [0.1, 0.15) is 17.5 Å². The number of nitrogens with two attached hydrogens (primary N) is 1. The number of hydrogen-bond donors (Lipinski definition) is 2. The minimum absolute atomic E-state index is 0.0573. The largest absolute Gasteiger partial charge is 0.331 e. The first-order chi connectivity index (χ1) is 16.8. The average molecular weight is 482 g/mol. The van der Waals surface area contributed by atoms with E-state index in [1.165, 1.54) is 24.3 Å². The number of rotatable bonds is 6. The van der Waals surface area contributed by atoms with Crippen molar-refractivity contribution in [3.63, 3.8) is 0 Å². The fourth-order valence-electron chi connectivity index (χ4n) is 4.37. The molecule has 0 spiro atoms. The molecule has 0 aromatic heterocycles. The van der Waals surface area contributed by atoms with Crippen LogP contribution < -0.4 is 11.1 Å². The number of nitrogens with one attached hydrogen (secondary N) is 1. The molecule has 1 aliphatic rings.